The predicted octanol–water partition coefficient (Wildman–Crippen LogP) is 4.72. The van der Waals surface area contributed by atoms with E-state index >= 15 is 0 Å². The Morgan fingerprint density at radius 2 is 1.84 bits per heavy atom. The van der Waals surface area contributed by atoms with Crippen molar-refractivity contribution < 1.29 is 0 Å². The number of para-hydroxylation sites is 1. The topological polar surface area (TPSA) is 43.6 Å². The van der Waals surface area contributed by atoms with E-state index in [0.29, 0.717) is 0 Å². The molecule has 2 aromatic heterocycles. The van der Waals surface area contributed by atoms with E-state index < -0.39 is 0 Å². The largest absolute Gasteiger partial charge is 0.229 e. The average Bonchev–Trinajstić information content (AvgIpc) is 3.08. The van der Waals surface area contributed by atoms with Crippen molar-refractivity contribution in [1.82, 2.24) is 19.7 Å². The molecular weight excluding hydrogens is 328 g/mol. The van der Waals surface area contributed by atoms with Gasteiger partial charge in [-0.1, -0.05) is 42.0 Å². The van der Waals surface area contributed by atoms with Crippen LogP contribution in [0.3, 0.4) is 0 Å². The number of benzene rings is 2. The molecule has 0 radical (unpaired) electrons. The normalized spacial score (nSPS) is 11.1. The maximum atomic E-state index is 4.51. The quantitative estimate of drug-likeness (QED) is 0.396. The summed E-state index contributed by atoms with van der Waals surface area (Å²) in [7, 11) is 0. The van der Waals surface area contributed by atoms with Crippen molar-refractivity contribution in [1.29, 1.82) is 0 Å². The maximum absolute atomic E-state index is 4.51. The first kappa shape index (κ1) is 15.8. The first-order valence-electron chi connectivity index (χ1n) is 8.15. The summed E-state index contributed by atoms with van der Waals surface area (Å²) in [5.41, 5.74) is 5.77. The lowest BCUT2D eigenvalue weighted by Gasteiger charge is -2.07. The Morgan fingerprint density at radius 3 is 2.68 bits per heavy atom. The van der Waals surface area contributed by atoms with Gasteiger partial charge in [-0.3, -0.25) is 0 Å². The molecule has 5 heteroatoms. The fourth-order valence-electron chi connectivity index (χ4n) is 2.80. The molecule has 2 heterocycles. The second kappa shape index (κ2) is 6.69. The number of aryl methyl sites for hydroxylation is 2. The third kappa shape index (κ3) is 3.15. The molecule has 0 saturated carbocycles. The zero-order chi connectivity index (χ0) is 17.2. The molecule has 4 nitrogen and oxygen atoms in total. The highest BCUT2D eigenvalue weighted by Gasteiger charge is 2.12. The lowest BCUT2D eigenvalue weighted by Crippen LogP contribution is -1.97. The minimum absolute atomic E-state index is 0.838. The Labute approximate surface area is 150 Å². The Morgan fingerprint density at radius 1 is 1.00 bits per heavy atom. The summed E-state index contributed by atoms with van der Waals surface area (Å²) in [6.07, 6.45) is 3.47. The lowest BCUT2D eigenvalue weighted by atomic mass is 10.1. The highest BCUT2D eigenvalue weighted by atomic mass is 32.2. The standard InChI is InChI=1S/C20H18N4S/c1-14-8-9-15(2)16(10-14)12-25-20-18-11-23-24(19(18)21-13-22-20)17-6-4-3-5-7-17/h3-11,13H,12H2,1-2H3. The van der Waals surface area contributed by atoms with Gasteiger partial charge in [-0.25, -0.2) is 14.6 Å². The van der Waals surface area contributed by atoms with Crippen LogP contribution < -0.4 is 0 Å². The van der Waals surface area contributed by atoms with E-state index in [2.05, 4.69) is 47.1 Å². The van der Waals surface area contributed by atoms with Crippen molar-refractivity contribution in [3.8, 4) is 5.69 Å². The van der Waals surface area contributed by atoms with Crippen LogP contribution in [0.4, 0.5) is 0 Å². The monoisotopic (exact) mass is 346 g/mol. The first-order chi connectivity index (χ1) is 12.2. The average molecular weight is 346 g/mol. The Balaban J connectivity index is 1.67. The van der Waals surface area contributed by atoms with Crippen molar-refractivity contribution in [3.63, 3.8) is 0 Å². The van der Waals surface area contributed by atoms with Crippen molar-refractivity contribution in [2.75, 3.05) is 0 Å². The SMILES string of the molecule is Cc1ccc(C)c(CSc2ncnc3c2cnn3-c2ccccc2)c1. The van der Waals surface area contributed by atoms with Gasteiger partial charge in [-0.05, 0) is 37.1 Å². The number of thioether (sulfide) groups is 1. The van der Waals surface area contributed by atoms with Crippen LogP contribution >= 0.6 is 11.8 Å². The van der Waals surface area contributed by atoms with Gasteiger partial charge in [-0.2, -0.15) is 5.10 Å². The van der Waals surface area contributed by atoms with Gasteiger partial charge in [-0.15, -0.1) is 11.8 Å². The van der Waals surface area contributed by atoms with Gasteiger partial charge in [0.05, 0.1) is 17.3 Å². The molecule has 0 bridgehead atoms. The molecule has 2 aromatic carbocycles. The zero-order valence-electron chi connectivity index (χ0n) is 14.2. The van der Waals surface area contributed by atoms with Crippen LogP contribution in [0.25, 0.3) is 16.7 Å². The molecule has 0 atom stereocenters. The van der Waals surface area contributed by atoms with E-state index in [1.807, 2.05) is 41.2 Å². The third-order valence-electron chi connectivity index (χ3n) is 4.20. The molecule has 4 rings (SSSR count). The van der Waals surface area contributed by atoms with E-state index in [0.717, 1.165) is 27.5 Å². The summed E-state index contributed by atoms with van der Waals surface area (Å²) in [5, 5.41) is 6.47. The van der Waals surface area contributed by atoms with E-state index in [-0.39, 0.29) is 0 Å². The molecule has 0 spiro atoms. The summed E-state index contributed by atoms with van der Waals surface area (Å²) >= 11 is 1.73. The highest BCUT2D eigenvalue weighted by molar-refractivity contribution is 7.98. The molecule has 0 amide bonds. The van der Waals surface area contributed by atoms with Crippen LogP contribution in [0.15, 0.2) is 66.1 Å². The highest BCUT2D eigenvalue weighted by Crippen LogP contribution is 2.29. The predicted molar refractivity (Wildman–Crippen MR) is 102 cm³/mol. The van der Waals surface area contributed by atoms with Crippen molar-refractivity contribution in [2.45, 2.75) is 24.6 Å². The number of fused-ring (bicyclic) bond motifs is 1. The molecular formula is C20H18N4S. The molecule has 124 valence electrons. The number of hydrogen-bond acceptors (Lipinski definition) is 4. The Hall–Kier alpha value is -2.66. The Bertz CT molecular complexity index is 1020. The molecule has 4 aromatic rings. The molecule has 0 aliphatic rings. The molecule has 0 aliphatic heterocycles. The summed E-state index contributed by atoms with van der Waals surface area (Å²) < 4.78 is 1.86. The van der Waals surface area contributed by atoms with E-state index in [4.69, 9.17) is 0 Å². The van der Waals surface area contributed by atoms with Crippen LogP contribution in [0.5, 0.6) is 0 Å². The zero-order valence-corrected chi connectivity index (χ0v) is 15.0. The van der Waals surface area contributed by atoms with Gasteiger partial charge >= 0.3 is 0 Å². The van der Waals surface area contributed by atoms with Gasteiger partial charge in [0, 0.05) is 5.75 Å². The maximum Gasteiger partial charge on any atom is 0.167 e. The summed E-state index contributed by atoms with van der Waals surface area (Å²) in [4.78, 5) is 8.92. The van der Waals surface area contributed by atoms with Crippen molar-refractivity contribution in [2.24, 2.45) is 0 Å². The smallest absolute Gasteiger partial charge is 0.167 e. The molecule has 0 fully saturated rings. The summed E-state index contributed by atoms with van der Waals surface area (Å²) in [6.45, 7) is 4.28. The number of hydrogen-bond donors (Lipinski definition) is 0. The van der Waals surface area contributed by atoms with Crippen LogP contribution in [-0.2, 0) is 5.75 Å². The third-order valence-corrected chi connectivity index (χ3v) is 5.25. The van der Waals surface area contributed by atoms with Gasteiger partial charge in [0.15, 0.2) is 5.65 Å². The van der Waals surface area contributed by atoms with Crippen LogP contribution in [0.1, 0.15) is 16.7 Å². The molecule has 0 unspecified atom stereocenters. The van der Waals surface area contributed by atoms with Crippen molar-refractivity contribution in [3.05, 3.63) is 77.7 Å². The van der Waals surface area contributed by atoms with E-state index in [9.17, 15) is 0 Å². The minimum Gasteiger partial charge on any atom is -0.229 e. The first-order valence-corrected chi connectivity index (χ1v) is 9.14. The van der Waals surface area contributed by atoms with Crippen molar-refractivity contribution >= 4 is 22.8 Å². The van der Waals surface area contributed by atoms with E-state index in [1.54, 1.807) is 18.1 Å². The molecule has 0 aliphatic carbocycles. The fraction of sp³-hybridized carbons (Fsp3) is 0.150. The second-order valence-electron chi connectivity index (χ2n) is 6.03. The minimum atomic E-state index is 0.838. The van der Waals surface area contributed by atoms with Crippen LogP contribution in [0.2, 0.25) is 0 Å². The van der Waals surface area contributed by atoms with Gasteiger partial charge in [0.2, 0.25) is 0 Å². The lowest BCUT2D eigenvalue weighted by molar-refractivity contribution is 0.893. The van der Waals surface area contributed by atoms with E-state index in [1.165, 1.54) is 16.7 Å². The van der Waals surface area contributed by atoms with Gasteiger partial charge < -0.3 is 0 Å². The molecule has 0 saturated heterocycles. The second-order valence-corrected chi connectivity index (χ2v) is 6.99. The van der Waals surface area contributed by atoms with Gasteiger partial charge in [0.1, 0.15) is 11.4 Å². The Kier molecular flexibility index (Phi) is 4.24. The number of aromatic nitrogens is 4. The van der Waals surface area contributed by atoms with Crippen LogP contribution in [0, 0.1) is 13.8 Å². The fourth-order valence-corrected chi connectivity index (χ4v) is 3.82. The summed E-state index contributed by atoms with van der Waals surface area (Å²) in [5.74, 6) is 0.885. The molecule has 25 heavy (non-hydrogen) atoms. The number of rotatable bonds is 4. The van der Waals surface area contributed by atoms with Crippen LogP contribution in [-0.4, -0.2) is 19.7 Å². The molecule has 0 N–H and O–H groups in total. The van der Waals surface area contributed by atoms with Gasteiger partial charge in [0.25, 0.3) is 0 Å². The summed E-state index contributed by atoms with van der Waals surface area (Å²) in [6, 6.07) is 16.6. The number of nitrogens with zero attached hydrogens (tertiary/aromatic N) is 4.